The number of nitrogens with one attached hydrogen (secondary N) is 1. The van der Waals surface area contributed by atoms with E-state index >= 15 is 0 Å². The lowest BCUT2D eigenvalue weighted by Crippen LogP contribution is -2.53. The molecule has 0 amide bonds. The second-order valence-electron chi connectivity index (χ2n) is 24.0. The minimum Gasteiger partial charge on any atom is -0.414 e. The number of benzene rings is 1. The van der Waals surface area contributed by atoms with Gasteiger partial charge in [-0.3, -0.25) is 10.2 Å². The topological polar surface area (TPSA) is 81.1 Å². The first-order chi connectivity index (χ1) is 26.9. The number of hydrogen-bond donors (Lipinski definition) is 1. The molecule has 1 aliphatic carbocycles. The first-order valence-electron chi connectivity index (χ1n) is 22.8. The molecule has 3 atom stereocenters. The van der Waals surface area contributed by atoms with Gasteiger partial charge in [-0.15, -0.1) is 0 Å². The molecule has 3 aliphatic rings. The maximum Gasteiger partial charge on any atom is 0.198 e. The first-order valence-corrected chi connectivity index (χ1v) is 32.3. The lowest BCUT2D eigenvalue weighted by molar-refractivity contribution is -0.173. The van der Waals surface area contributed by atoms with Gasteiger partial charge in [0.15, 0.2) is 28.3 Å². The predicted octanol–water partition coefficient (Wildman–Crippen LogP) is 13.5. The van der Waals surface area contributed by atoms with Crippen molar-refractivity contribution in [2.75, 3.05) is 26.6 Å². The zero-order chi connectivity index (χ0) is 44.5. The number of ether oxygens (including phenoxy) is 2. The van der Waals surface area contributed by atoms with Crippen LogP contribution in [0.5, 0.6) is 0 Å². The third-order valence-electron chi connectivity index (χ3n) is 14.4. The molecule has 2 saturated heterocycles. The Morgan fingerprint density at radius 1 is 0.898 bits per heavy atom. The van der Waals surface area contributed by atoms with E-state index in [2.05, 4.69) is 125 Å². The molecule has 1 unspecified atom stereocenters. The van der Waals surface area contributed by atoms with Crippen molar-refractivity contribution in [1.82, 2.24) is 4.90 Å². The van der Waals surface area contributed by atoms with Gasteiger partial charge in [-0.1, -0.05) is 105 Å². The van der Waals surface area contributed by atoms with Gasteiger partial charge in [0, 0.05) is 27.3 Å². The van der Waals surface area contributed by atoms with Crippen LogP contribution in [0, 0.1) is 10.8 Å². The molecule has 2 aliphatic heterocycles. The van der Waals surface area contributed by atoms with E-state index in [1.165, 1.54) is 22.3 Å². The Hall–Kier alpha value is -1.67. The zero-order valence-corrected chi connectivity index (χ0v) is 43.9. The van der Waals surface area contributed by atoms with E-state index in [1.807, 2.05) is 20.0 Å². The number of carbonyl (C=O) groups is 1. The van der Waals surface area contributed by atoms with Gasteiger partial charge in [0.1, 0.15) is 6.73 Å². The van der Waals surface area contributed by atoms with E-state index in [1.54, 1.807) is 4.90 Å². The summed E-state index contributed by atoms with van der Waals surface area (Å²) in [7, 11) is -5.26. The molecule has 1 aromatic rings. The maximum absolute atomic E-state index is 13.8. The van der Waals surface area contributed by atoms with Crippen molar-refractivity contribution in [3.63, 3.8) is 0 Å². The fourth-order valence-corrected chi connectivity index (χ4v) is 11.0. The Balaban J connectivity index is 1.65. The van der Waals surface area contributed by atoms with Crippen molar-refractivity contribution < 1.29 is 23.1 Å². The highest BCUT2D eigenvalue weighted by Crippen LogP contribution is 2.55. The Morgan fingerprint density at radius 3 is 1.93 bits per heavy atom. The van der Waals surface area contributed by atoms with Gasteiger partial charge in [0.25, 0.3) is 0 Å². The molecule has 1 N–H and O–H groups in total. The second-order valence-corrected chi connectivity index (χ2v) is 39.2. The van der Waals surface area contributed by atoms with Crippen molar-refractivity contribution in [2.45, 2.75) is 206 Å². The van der Waals surface area contributed by atoms with Gasteiger partial charge in [-0.2, -0.15) is 0 Å². The van der Waals surface area contributed by atoms with Gasteiger partial charge >= 0.3 is 0 Å². The minimum atomic E-state index is -2.01. The number of ketones is 1. The summed E-state index contributed by atoms with van der Waals surface area (Å²) in [6.45, 7) is 41.2. The Morgan fingerprint density at radius 2 is 1.46 bits per heavy atom. The first kappa shape index (κ1) is 50.0. The van der Waals surface area contributed by atoms with Gasteiger partial charge in [0.05, 0.1) is 24.4 Å². The maximum atomic E-state index is 13.8. The fraction of sp³-hybridized carbons (Fsp3) is 0.755. The molecule has 334 valence electrons. The van der Waals surface area contributed by atoms with Crippen LogP contribution >= 0.6 is 0 Å². The van der Waals surface area contributed by atoms with Crippen LogP contribution in [0.2, 0.25) is 61.9 Å². The third-order valence-corrected chi connectivity index (χ3v) is 25.1. The summed E-state index contributed by atoms with van der Waals surface area (Å²) in [4.78, 5) is 15.5. The van der Waals surface area contributed by atoms with Crippen LogP contribution in [-0.2, 0) is 29.5 Å². The highest BCUT2D eigenvalue weighted by atomic mass is 28.4. The molecule has 0 aromatic heterocycles. The molecule has 0 radical (unpaired) electrons. The van der Waals surface area contributed by atoms with Gasteiger partial charge in [-0.25, -0.2) is 0 Å². The predicted molar refractivity (Wildman–Crippen MR) is 257 cm³/mol. The molecular formula is C49H86N2O5Si3. The molecule has 2 fully saturated rings. The number of amidine groups is 1. The summed E-state index contributed by atoms with van der Waals surface area (Å²) in [5.74, 6) is 0.154. The van der Waals surface area contributed by atoms with Crippen molar-refractivity contribution in [2.24, 2.45) is 5.41 Å². The summed E-state index contributed by atoms with van der Waals surface area (Å²) in [6, 6.07) is 8.15. The number of nitrogens with zero attached hydrogens (tertiary/aromatic N) is 1. The van der Waals surface area contributed by atoms with Crippen LogP contribution < -0.4 is 0 Å². The number of aryl methyl sites for hydroxylation is 1. The lowest BCUT2D eigenvalue weighted by atomic mass is 9.75. The quantitative estimate of drug-likeness (QED) is 0.0520. The number of allylic oxidation sites excluding steroid dienone is 3. The number of rotatable bonds is 18. The van der Waals surface area contributed by atoms with E-state index in [-0.39, 0.29) is 51.5 Å². The van der Waals surface area contributed by atoms with E-state index in [0.29, 0.717) is 32.2 Å². The molecule has 1 aromatic carbocycles. The average molecular weight is 867 g/mol. The molecule has 2 bridgehead atoms. The zero-order valence-electron chi connectivity index (χ0n) is 40.9. The highest BCUT2D eigenvalue weighted by molar-refractivity contribution is 6.76. The Kier molecular flexibility index (Phi) is 15.7. The van der Waals surface area contributed by atoms with Crippen LogP contribution in [-0.4, -0.2) is 79.0 Å². The average Bonchev–Trinajstić information content (AvgIpc) is 3.38. The molecule has 7 nitrogen and oxygen atoms in total. The van der Waals surface area contributed by atoms with Crippen LogP contribution in [0.4, 0.5) is 0 Å². The van der Waals surface area contributed by atoms with E-state index in [9.17, 15) is 4.79 Å². The van der Waals surface area contributed by atoms with Crippen molar-refractivity contribution in [3.05, 3.63) is 52.7 Å². The SMILES string of the molecule is CC(C)=CN(COCC[Si](C)(C)C)C(=N)C(=O)CCc1ccc(C2C[C@@]3(CO[Si](C)(C)C(C)(C)C)CC[C@@](CO[Si](C)(C)C(C)(C)C)(C2)O3)cc1C1=CCC(C)(C)CC1. The summed E-state index contributed by atoms with van der Waals surface area (Å²) < 4.78 is 27.3. The standard InChI is InChI=1S/C49H86N2O5Si3/c1-37(2)33-51(36-53-28-29-57(11,12)13)44(50)43(52)21-20-38-18-19-40(30-42(38)39-22-24-47(9,10)25-23-39)41-31-48(34-54-58(14,15)45(3,4)5)26-27-49(32-41,56-48)35-55-59(16,17)46(6,7)8/h18-19,22,30,33,41,50H,20-21,23-29,31-32,34-36H2,1-17H3/t41?,48-,49+. The van der Waals surface area contributed by atoms with E-state index < -0.39 is 24.7 Å². The van der Waals surface area contributed by atoms with E-state index in [0.717, 1.165) is 56.6 Å². The molecule has 2 heterocycles. The molecule has 4 rings (SSSR count). The lowest BCUT2D eigenvalue weighted by Gasteiger charge is -2.47. The largest absolute Gasteiger partial charge is 0.414 e. The van der Waals surface area contributed by atoms with E-state index in [4.69, 9.17) is 23.7 Å². The summed E-state index contributed by atoms with van der Waals surface area (Å²) in [5.41, 5.74) is 5.86. The Labute approximate surface area is 364 Å². The number of fused-ring (bicyclic) bond motifs is 2. The minimum absolute atomic E-state index is 0.00381. The Bertz CT molecular complexity index is 1660. The van der Waals surface area contributed by atoms with Gasteiger partial charge in [0.2, 0.25) is 0 Å². The third kappa shape index (κ3) is 13.4. The highest BCUT2D eigenvalue weighted by Gasteiger charge is 2.57. The van der Waals surface area contributed by atoms with Crippen LogP contribution in [0.25, 0.3) is 5.57 Å². The fourth-order valence-electron chi connectivity index (χ4n) is 8.12. The monoisotopic (exact) mass is 867 g/mol. The van der Waals surface area contributed by atoms with Gasteiger partial charge in [-0.05, 0) is 141 Å². The molecular weight excluding hydrogens is 781 g/mol. The number of hydrogen-bond acceptors (Lipinski definition) is 6. The molecule has 10 heteroatoms. The number of Topliss-reactive ketones (excluding diaryl/α,β-unsaturated/α-hetero) is 1. The molecule has 0 saturated carbocycles. The summed E-state index contributed by atoms with van der Waals surface area (Å²) >= 11 is 0. The van der Waals surface area contributed by atoms with Gasteiger partial charge < -0.3 is 23.2 Å². The van der Waals surface area contributed by atoms with Crippen molar-refractivity contribution >= 4 is 41.9 Å². The van der Waals surface area contributed by atoms with Crippen LogP contribution in [0.3, 0.4) is 0 Å². The summed E-state index contributed by atoms with van der Waals surface area (Å²) in [6.07, 6.45) is 12.3. The molecule has 59 heavy (non-hydrogen) atoms. The molecule has 0 spiro atoms. The smallest absolute Gasteiger partial charge is 0.198 e. The summed E-state index contributed by atoms with van der Waals surface area (Å²) in [5, 5.41) is 9.19. The van der Waals surface area contributed by atoms with Crippen molar-refractivity contribution in [1.29, 1.82) is 5.41 Å². The van der Waals surface area contributed by atoms with Crippen LogP contribution in [0.15, 0.2) is 36.0 Å². The second kappa shape index (κ2) is 18.6. The number of carbonyl (C=O) groups excluding carboxylic acids is 1. The van der Waals surface area contributed by atoms with Crippen LogP contribution in [0.1, 0.15) is 143 Å². The normalized spacial score (nSPS) is 23.8. The van der Waals surface area contributed by atoms with Crippen molar-refractivity contribution in [3.8, 4) is 0 Å².